The number of nitrogens with two attached hydrogens (primary N) is 1. The average molecular weight is 282 g/mol. The van der Waals surface area contributed by atoms with Gasteiger partial charge in [-0.1, -0.05) is 11.8 Å². The van der Waals surface area contributed by atoms with Crippen molar-refractivity contribution in [3.05, 3.63) is 39.7 Å². The summed E-state index contributed by atoms with van der Waals surface area (Å²) in [6.45, 7) is 1.51. The van der Waals surface area contributed by atoms with Gasteiger partial charge in [-0.05, 0) is 19.1 Å². The van der Waals surface area contributed by atoms with Gasteiger partial charge in [-0.3, -0.25) is 4.79 Å². The molecule has 0 aliphatic heterocycles. The van der Waals surface area contributed by atoms with Crippen LogP contribution in [0.5, 0.6) is 0 Å². The lowest BCUT2D eigenvalue weighted by Crippen LogP contribution is -2.32. The molecular weight excluding hydrogens is 272 g/mol. The van der Waals surface area contributed by atoms with Gasteiger partial charge in [0.25, 0.3) is 5.56 Å². The number of nitrogen functional groups attached to an aromatic ring is 1. The highest BCUT2D eigenvalue weighted by molar-refractivity contribution is 7.98. The standard InChI is InChI=1S/C10H10N4O4S/c1-5-8(15)14(11)10(13-12-5)19-4-6-2-3-7(18-6)9(16)17/h2-3H,4,11H2,1H3,(H,16,17). The number of hydrogen-bond acceptors (Lipinski definition) is 7. The quantitative estimate of drug-likeness (QED) is 0.603. The first-order chi connectivity index (χ1) is 8.99. The van der Waals surface area contributed by atoms with Crippen molar-refractivity contribution in [1.29, 1.82) is 0 Å². The predicted molar refractivity (Wildman–Crippen MR) is 66.4 cm³/mol. The van der Waals surface area contributed by atoms with E-state index in [1.165, 1.54) is 19.1 Å². The molecule has 100 valence electrons. The van der Waals surface area contributed by atoms with Crippen molar-refractivity contribution in [2.45, 2.75) is 17.8 Å². The molecule has 0 atom stereocenters. The zero-order chi connectivity index (χ0) is 14.0. The molecule has 0 saturated carbocycles. The fraction of sp³-hybridized carbons (Fsp3) is 0.200. The molecule has 2 rings (SSSR count). The molecule has 0 fully saturated rings. The van der Waals surface area contributed by atoms with Crippen LogP contribution < -0.4 is 11.4 Å². The highest BCUT2D eigenvalue weighted by Gasteiger charge is 2.11. The van der Waals surface area contributed by atoms with E-state index in [0.29, 0.717) is 11.5 Å². The number of aromatic nitrogens is 3. The van der Waals surface area contributed by atoms with E-state index in [1.54, 1.807) is 0 Å². The lowest BCUT2D eigenvalue weighted by atomic mass is 10.4. The highest BCUT2D eigenvalue weighted by atomic mass is 32.2. The summed E-state index contributed by atoms with van der Waals surface area (Å²) >= 11 is 1.13. The van der Waals surface area contributed by atoms with Crippen LogP contribution in [-0.4, -0.2) is 25.9 Å². The highest BCUT2D eigenvalue weighted by Crippen LogP contribution is 2.20. The summed E-state index contributed by atoms with van der Waals surface area (Å²) in [5.74, 6) is 5.01. The minimum atomic E-state index is -1.14. The maximum Gasteiger partial charge on any atom is 0.371 e. The Bertz CT molecular complexity index is 678. The van der Waals surface area contributed by atoms with Crippen LogP contribution in [0.1, 0.15) is 22.0 Å². The van der Waals surface area contributed by atoms with E-state index in [9.17, 15) is 9.59 Å². The molecule has 0 aliphatic carbocycles. The van der Waals surface area contributed by atoms with Crippen molar-refractivity contribution in [3.8, 4) is 0 Å². The van der Waals surface area contributed by atoms with Crippen LogP contribution in [0.3, 0.4) is 0 Å². The third kappa shape index (κ3) is 2.76. The van der Waals surface area contributed by atoms with Gasteiger partial charge in [0, 0.05) is 0 Å². The van der Waals surface area contributed by atoms with Gasteiger partial charge in [0.2, 0.25) is 10.9 Å². The van der Waals surface area contributed by atoms with Crippen LogP contribution in [0, 0.1) is 6.92 Å². The molecule has 0 unspecified atom stereocenters. The van der Waals surface area contributed by atoms with Crippen molar-refractivity contribution < 1.29 is 14.3 Å². The van der Waals surface area contributed by atoms with E-state index in [0.717, 1.165) is 16.4 Å². The molecular formula is C10H10N4O4S. The SMILES string of the molecule is Cc1nnc(SCc2ccc(C(=O)O)o2)n(N)c1=O. The summed E-state index contributed by atoms with van der Waals surface area (Å²) in [7, 11) is 0. The second-order valence-electron chi connectivity index (χ2n) is 3.60. The van der Waals surface area contributed by atoms with Crippen molar-refractivity contribution in [1.82, 2.24) is 14.9 Å². The Hall–Kier alpha value is -2.29. The molecule has 0 aliphatic rings. The van der Waals surface area contributed by atoms with Crippen LogP contribution in [0.2, 0.25) is 0 Å². The Labute approximate surface area is 111 Å². The number of carboxylic acid groups (broad SMARTS) is 1. The lowest BCUT2D eigenvalue weighted by molar-refractivity contribution is 0.0661. The minimum absolute atomic E-state index is 0.143. The zero-order valence-electron chi connectivity index (χ0n) is 9.86. The number of furan rings is 1. The fourth-order valence-electron chi connectivity index (χ4n) is 1.27. The van der Waals surface area contributed by atoms with Crippen molar-refractivity contribution in [2.24, 2.45) is 0 Å². The number of nitrogens with zero attached hydrogens (tertiary/aromatic N) is 3. The monoisotopic (exact) mass is 282 g/mol. The summed E-state index contributed by atoms with van der Waals surface area (Å²) in [5.41, 5.74) is -0.221. The summed E-state index contributed by atoms with van der Waals surface area (Å²) < 4.78 is 5.96. The molecule has 0 aromatic carbocycles. The molecule has 8 nitrogen and oxygen atoms in total. The molecule has 0 spiro atoms. The van der Waals surface area contributed by atoms with E-state index < -0.39 is 11.5 Å². The number of thioether (sulfide) groups is 1. The predicted octanol–water partition coefficient (Wildman–Crippen LogP) is 0.244. The molecule has 9 heteroatoms. The van der Waals surface area contributed by atoms with Gasteiger partial charge in [0.1, 0.15) is 11.5 Å². The first kappa shape index (κ1) is 13.1. The summed E-state index contributed by atoms with van der Waals surface area (Å²) in [6, 6.07) is 2.89. The number of carbonyl (C=O) groups is 1. The van der Waals surface area contributed by atoms with E-state index in [1.807, 2.05) is 0 Å². The summed E-state index contributed by atoms with van der Waals surface area (Å²) in [5, 5.41) is 16.4. The minimum Gasteiger partial charge on any atom is -0.475 e. The molecule has 0 radical (unpaired) electrons. The molecule has 0 amide bonds. The van der Waals surface area contributed by atoms with Gasteiger partial charge < -0.3 is 15.4 Å². The number of hydrogen-bond donors (Lipinski definition) is 2. The topological polar surface area (TPSA) is 124 Å². The maximum atomic E-state index is 11.5. The lowest BCUT2D eigenvalue weighted by Gasteiger charge is -2.04. The van der Waals surface area contributed by atoms with Crippen LogP contribution >= 0.6 is 11.8 Å². The molecule has 2 aromatic heterocycles. The number of rotatable bonds is 4. The van der Waals surface area contributed by atoms with E-state index in [4.69, 9.17) is 15.4 Å². The van der Waals surface area contributed by atoms with Crippen LogP contribution in [0.4, 0.5) is 0 Å². The molecule has 19 heavy (non-hydrogen) atoms. The van der Waals surface area contributed by atoms with Crippen LogP contribution in [-0.2, 0) is 5.75 Å². The number of carboxylic acids is 1. The Morgan fingerprint density at radius 1 is 1.53 bits per heavy atom. The summed E-state index contributed by atoms with van der Waals surface area (Å²) in [6.07, 6.45) is 0. The van der Waals surface area contributed by atoms with E-state index in [2.05, 4.69) is 10.2 Å². The smallest absolute Gasteiger partial charge is 0.371 e. The first-order valence-corrected chi connectivity index (χ1v) is 6.14. The van der Waals surface area contributed by atoms with Gasteiger partial charge in [-0.2, -0.15) is 4.68 Å². The Morgan fingerprint density at radius 2 is 2.26 bits per heavy atom. The number of aryl methyl sites for hydroxylation is 1. The molecule has 0 saturated heterocycles. The fourth-order valence-corrected chi connectivity index (χ4v) is 2.02. The van der Waals surface area contributed by atoms with Gasteiger partial charge in [0.15, 0.2) is 0 Å². The zero-order valence-corrected chi connectivity index (χ0v) is 10.7. The first-order valence-electron chi connectivity index (χ1n) is 5.15. The summed E-state index contributed by atoms with van der Waals surface area (Å²) in [4.78, 5) is 22.2. The molecule has 0 bridgehead atoms. The second kappa shape index (κ2) is 5.14. The van der Waals surface area contributed by atoms with Crippen LogP contribution in [0.25, 0.3) is 0 Å². The van der Waals surface area contributed by atoms with Gasteiger partial charge >= 0.3 is 5.97 Å². The Morgan fingerprint density at radius 3 is 2.89 bits per heavy atom. The van der Waals surface area contributed by atoms with Crippen molar-refractivity contribution in [2.75, 3.05) is 5.84 Å². The van der Waals surface area contributed by atoms with Crippen molar-refractivity contribution >= 4 is 17.7 Å². The third-order valence-electron chi connectivity index (χ3n) is 2.24. The molecule has 3 N–H and O–H groups in total. The Kier molecular flexibility index (Phi) is 3.56. The molecule has 2 heterocycles. The Balaban J connectivity index is 2.12. The second-order valence-corrected chi connectivity index (χ2v) is 4.55. The van der Waals surface area contributed by atoms with Gasteiger partial charge in [0.05, 0.1) is 5.75 Å². The normalized spacial score (nSPS) is 10.6. The molecule has 2 aromatic rings. The average Bonchev–Trinajstić information content (AvgIpc) is 2.84. The van der Waals surface area contributed by atoms with Gasteiger partial charge in [-0.15, -0.1) is 10.2 Å². The van der Waals surface area contributed by atoms with E-state index in [-0.39, 0.29) is 16.6 Å². The van der Waals surface area contributed by atoms with Crippen molar-refractivity contribution in [3.63, 3.8) is 0 Å². The van der Waals surface area contributed by atoms with Crippen LogP contribution in [0.15, 0.2) is 26.5 Å². The largest absolute Gasteiger partial charge is 0.475 e. The number of aromatic carboxylic acids is 1. The van der Waals surface area contributed by atoms with Gasteiger partial charge in [-0.25, -0.2) is 4.79 Å². The third-order valence-corrected chi connectivity index (χ3v) is 3.20. The van der Waals surface area contributed by atoms with E-state index >= 15 is 0 Å². The maximum absolute atomic E-state index is 11.5.